The van der Waals surface area contributed by atoms with Crippen LogP contribution in [0.4, 0.5) is 4.39 Å². The van der Waals surface area contributed by atoms with Crippen LogP contribution in [0.1, 0.15) is 5.56 Å². The summed E-state index contributed by atoms with van der Waals surface area (Å²) < 4.78 is 13.4. The molecular weight excluding hydrogens is 227 g/mol. The molecule has 2 N–H and O–H groups in total. The van der Waals surface area contributed by atoms with Gasteiger partial charge in [0.15, 0.2) is 0 Å². The van der Waals surface area contributed by atoms with Gasteiger partial charge in [0.1, 0.15) is 11.6 Å². The Kier molecular flexibility index (Phi) is 3.05. The van der Waals surface area contributed by atoms with Crippen LogP contribution in [0.25, 0.3) is 0 Å². The Bertz CT molecular complexity index is 289. The molecular formula is C8H8BrFO2. The van der Waals surface area contributed by atoms with Crippen molar-refractivity contribution in [1.29, 1.82) is 0 Å². The van der Waals surface area contributed by atoms with Gasteiger partial charge in [0, 0.05) is 12.7 Å². The van der Waals surface area contributed by atoms with Gasteiger partial charge in [0.05, 0.1) is 4.47 Å². The van der Waals surface area contributed by atoms with E-state index in [-0.39, 0.29) is 18.8 Å². The molecule has 0 spiro atoms. The monoisotopic (exact) mass is 234 g/mol. The molecule has 0 saturated heterocycles. The lowest BCUT2D eigenvalue weighted by Crippen LogP contribution is -1.94. The minimum Gasteiger partial charge on any atom is -0.507 e. The van der Waals surface area contributed by atoms with Crippen LogP contribution >= 0.6 is 15.9 Å². The number of phenols is 1. The lowest BCUT2D eigenvalue weighted by Gasteiger charge is -2.03. The van der Waals surface area contributed by atoms with E-state index in [0.717, 1.165) is 6.07 Å². The summed E-state index contributed by atoms with van der Waals surface area (Å²) in [6.07, 6.45) is 0.255. The Morgan fingerprint density at radius 2 is 2.08 bits per heavy atom. The molecule has 66 valence electrons. The van der Waals surface area contributed by atoms with E-state index >= 15 is 0 Å². The second kappa shape index (κ2) is 3.87. The number of benzene rings is 1. The van der Waals surface area contributed by atoms with E-state index in [1.807, 2.05) is 0 Å². The van der Waals surface area contributed by atoms with E-state index < -0.39 is 5.82 Å². The van der Waals surface area contributed by atoms with Gasteiger partial charge in [-0.2, -0.15) is 0 Å². The summed E-state index contributed by atoms with van der Waals surface area (Å²) in [5.41, 5.74) is 0.391. The molecule has 4 heteroatoms. The van der Waals surface area contributed by atoms with Crippen LogP contribution in [0, 0.1) is 5.82 Å². The highest BCUT2D eigenvalue weighted by molar-refractivity contribution is 9.10. The van der Waals surface area contributed by atoms with Crippen LogP contribution < -0.4 is 0 Å². The number of aliphatic hydroxyl groups is 1. The van der Waals surface area contributed by atoms with Crippen molar-refractivity contribution in [3.63, 3.8) is 0 Å². The molecule has 0 aliphatic heterocycles. The number of rotatable bonds is 2. The summed E-state index contributed by atoms with van der Waals surface area (Å²) in [5.74, 6) is -0.626. The van der Waals surface area contributed by atoms with Crippen LogP contribution in [-0.2, 0) is 6.42 Å². The zero-order chi connectivity index (χ0) is 9.14. The van der Waals surface area contributed by atoms with Gasteiger partial charge in [-0.1, -0.05) is 0 Å². The highest BCUT2D eigenvalue weighted by Gasteiger charge is 2.06. The summed E-state index contributed by atoms with van der Waals surface area (Å²) in [7, 11) is 0. The minimum absolute atomic E-state index is 0.103. The molecule has 0 amide bonds. The minimum atomic E-state index is -0.496. The number of phenolic OH excluding ortho intramolecular Hbond substituents is 1. The Hall–Kier alpha value is -0.610. The Morgan fingerprint density at radius 1 is 1.42 bits per heavy atom. The summed E-state index contributed by atoms with van der Waals surface area (Å²) in [6.45, 7) is -0.103. The van der Waals surface area contributed by atoms with Crippen LogP contribution in [-0.4, -0.2) is 16.8 Å². The zero-order valence-electron chi connectivity index (χ0n) is 6.22. The Labute approximate surface area is 77.8 Å². The van der Waals surface area contributed by atoms with E-state index in [1.165, 1.54) is 6.07 Å². The molecule has 0 aliphatic carbocycles. The Balaban J connectivity index is 3.05. The van der Waals surface area contributed by atoms with E-state index in [4.69, 9.17) is 10.2 Å². The normalized spacial score (nSPS) is 10.2. The molecule has 0 aliphatic rings. The maximum absolute atomic E-state index is 12.9. The molecule has 1 rings (SSSR count). The third-order valence-electron chi connectivity index (χ3n) is 1.50. The van der Waals surface area contributed by atoms with Gasteiger partial charge in [0.25, 0.3) is 0 Å². The van der Waals surface area contributed by atoms with E-state index in [1.54, 1.807) is 0 Å². The summed E-state index contributed by atoms with van der Waals surface area (Å²) in [4.78, 5) is 0. The molecule has 1 aromatic carbocycles. The van der Waals surface area contributed by atoms with E-state index in [2.05, 4.69) is 15.9 Å². The predicted octanol–water partition coefficient (Wildman–Crippen LogP) is 1.83. The lowest BCUT2D eigenvalue weighted by molar-refractivity contribution is 0.297. The molecule has 0 bridgehead atoms. The maximum Gasteiger partial charge on any atom is 0.132 e. The third-order valence-corrected chi connectivity index (χ3v) is 2.13. The predicted molar refractivity (Wildman–Crippen MR) is 46.6 cm³/mol. The average Bonchev–Trinajstić information content (AvgIpc) is 2.01. The topological polar surface area (TPSA) is 40.5 Å². The van der Waals surface area contributed by atoms with Crippen molar-refractivity contribution >= 4 is 15.9 Å². The fraction of sp³-hybridized carbons (Fsp3) is 0.250. The van der Waals surface area contributed by atoms with Gasteiger partial charge < -0.3 is 10.2 Å². The standard InChI is InChI=1S/C8H8BrFO2/c9-6-3-5(1-2-11)7(10)4-8(6)12/h3-4,11-12H,1-2H2. The maximum atomic E-state index is 12.9. The SMILES string of the molecule is OCCc1cc(Br)c(O)cc1F. The molecule has 0 unspecified atom stereocenters. The van der Waals surface area contributed by atoms with Crippen LogP contribution in [0.15, 0.2) is 16.6 Å². The summed E-state index contributed by atoms with van der Waals surface area (Å²) in [6, 6.07) is 2.48. The number of aliphatic hydroxyl groups excluding tert-OH is 1. The number of aromatic hydroxyl groups is 1. The molecule has 0 aromatic heterocycles. The van der Waals surface area contributed by atoms with Gasteiger partial charge in [-0.3, -0.25) is 0 Å². The molecule has 0 saturated carbocycles. The average molecular weight is 235 g/mol. The quantitative estimate of drug-likeness (QED) is 0.820. The van der Waals surface area contributed by atoms with Gasteiger partial charge in [0.2, 0.25) is 0 Å². The summed E-state index contributed by atoms with van der Waals surface area (Å²) >= 11 is 3.05. The van der Waals surface area contributed by atoms with Crippen LogP contribution in [0.2, 0.25) is 0 Å². The van der Waals surface area contributed by atoms with Gasteiger partial charge in [-0.25, -0.2) is 4.39 Å². The molecule has 1 aromatic rings. The van der Waals surface area contributed by atoms with Crippen molar-refractivity contribution in [2.24, 2.45) is 0 Å². The molecule has 0 fully saturated rings. The highest BCUT2D eigenvalue weighted by Crippen LogP contribution is 2.26. The van der Waals surface area contributed by atoms with Gasteiger partial charge in [-0.05, 0) is 34.0 Å². The molecule has 0 heterocycles. The largest absolute Gasteiger partial charge is 0.507 e. The first-order valence-electron chi connectivity index (χ1n) is 3.43. The molecule has 0 atom stereocenters. The van der Waals surface area contributed by atoms with Crippen molar-refractivity contribution in [2.45, 2.75) is 6.42 Å². The number of hydrogen-bond donors (Lipinski definition) is 2. The second-order valence-electron chi connectivity index (χ2n) is 2.37. The van der Waals surface area contributed by atoms with Crippen molar-refractivity contribution in [1.82, 2.24) is 0 Å². The van der Waals surface area contributed by atoms with Crippen molar-refractivity contribution < 1.29 is 14.6 Å². The second-order valence-corrected chi connectivity index (χ2v) is 3.22. The third kappa shape index (κ3) is 1.95. The fourth-order valence-corrected chi connectivity index (χ4v) is 1.28. The number of halogens is 2. The molecule has 12 heavy (non-hydrogen) atoms. The first kappa shape index (κ1) is 9.48. The summed E-state index contributed by atoms with van der Waals surface area (Å²) in [5, 5.41) is 17.6. The van der Waals surface area contributed by atoms with Crippen LogP contribution in [0.3, 0.4) is 0 Å². The molecule has 2 nitrogen and oxygen atoms in total. The Morgan fingerprint density at radius 3 is 2.67 bits per heavy atom. The van der Waals surface area contributed by atoms with Crippen molar-refractivity contribution in [3.8, 4) is 5.75 Å². The first-order valence-corrected chi connectivity index (χ1v) is 4.22. The number of hydrogen-bond acceptors (Lipinski definition) is 2. The zero-order valence-corrected chi connectivity index (χ0v) is 7.81. The van der Waals surface area contributed by atoms with Crippen molar-refractivity contribution in [2.75, 3.05) is 6.61 Å². The van der Waals surface area contributed by atoms with Crippen LogP contribution in [0.5, 0.6) is 5.75 Å². The fourth-order valence-electron chi connectivity index (χ4n) is 0.890. The lowest BCUT2D eigenvalue weighted by atomic mass is 10.1. The van der Waals surface area contributed by atoms with E-state index in [0.29, 0.717) is 10.0 Å². The molecule has 0 radical (unpaired) electrons. The van der Waals surface area contributed by atoms with Gasteiger partial charge >= 0.3 is 0 Å². The van der Waals surface area contributed by atoms with E-state index in [9.17, 15) is 4.39 Å². The highest BCUT2D eigenvalue weighted by atomic mass is 79.9. The smallest absolute Gasteiger partial charge is 0.132 e. The van der Waals surface area contributed by atoms with Gasteiger partial charge in [-0.15, -0.1) is 0 Å². The first-order chi connectivity index (χ1) is 5.65. The van der Waals surface area contributed by atoms with Crippen molar-refractivity contribution in [3.05, 3.63) is 28.0 Å².